The number of hydrogen-bond acceptors (Lipinski definition) is 5. The smallest absolute Gasteiger partial charge is 0.373 e. The van der Waals surface area contributed by atoms with Crippen LogP contribution in [0.5, 0.6) is 11.5 Å². The number of carbonyl (C=O) groups is 1. The van der Waals surface area contributed by atoms with Crippen LogP contribution in [0, 0.1) is 5.92 Å². The zero-order valence-electron chi connectivity index (χ0n) is 20.9. The lowest BCUT2D eigenvalue weighted by Gasteiger charge is -2.47. The predicted molar refractivity (Wildman–Crippen MR) is 127 cm³/mol. The Labute approximate surface area is 197 Å². The number of allylic oxidation sites excluding steroid dienone is 1. The standard InChI is InChI=1S/C26H39NO3.CO2/c1-7-8-9-10-13-25(2,3)18-15-21(28)23-19-14-17(24(29)27-6)11-12-20(19)26(4,5)30-22(23)16-18;2-1-3/h11,15-16,19-20,28H,7-10,12-14H2,1-6H3,(H,27,29);/t19?,20-;/m1./s1. The van der Waals surface area contributed by atoms with Crippen LogP contribution in [0.15, 0.2) is 23.8 Å². The number of fused-ring (bicyclic) bond motifs is 3. The molecule has 33 heavy (non-hydrogen) atoms. The van der Waals surface area contributed by atoms with E-state index in [2.05, 4.69) is 46.0 Å². The van der Waals surface area contributed by atoms with Crippen molar-refractivity contribution in [3.8, 4) is 11.5 Å². The third kappa shape index (κ3) is 6.05. The molecule has 3 rings (SSSR count). The quantitative estimate of drug-likeness (QED) is 0.535. The summed E-state index contributed by atoms with van der Waals surface area (Å²) >= 11 is 0. The van der Waals surface area contributed by atoms with Gasteiger partial charge in [0.05, 0.1) is 0 Å². The van der Waals surface area contributed by atoms with E-state index in [1.54, 1.807) is 7.05 Å². The molecule has 2 atom stereocenters. The van der Waals surface area contributed by atoms with Gasteiger partial charge in [0, 0.05) is 30.0 Å². The Morgan fingerprint density at radius 2 is 1.91 bits per heavy atom. The van der Waals surface area contributed by atoms with Crippen LogP contribution in [0.1, 0.15) is 96.6 Å². The normalized spacial score (nSPS) is 20.6. The molecule has 1 aromatic carbocycles. The summed E-state index contributed by atoms with van der Waals surface area (Å²) in [6.07, 6.45) is 9.74. The molecule has 6 heteroatoms. The third-order valence-corrected chi connectivity index (χ3v) is 7.26. The Balaban J connectivity index is 0.00000122. The second-order valence-corrected chi connectivity index (χ2v) is 10.4. The van der Waals surface area contributed by atoms with E-state index in [1.807, 2.05) is 12.1 Å². The van der Waals surface area contributed by atoms with E-state index in [0.29, 0.717) is 12.2 Å². The summed E-state index contributed by atoms with van der Waals surface area (Å²) in [5.41, 5.74) is 2.44. The van der Waals surface area contributed by atoms with Gasteiger partial charge in [-0.15, -0.1) is 0 Å². The summed E-state index contributed by atoms with van der Waals surface area (Å²) in [5, 5.41) is 13.8. The van der Waals surface area contributed by atoms with Gasteiger partial charge in [-0.2, -0.15) is 9.59 Å². The molecule has 2 N–H and O–H groups in total. The average molecular weight is 458 g/mol. The van der Waals surface area contributed by atoms with Crippen molar-refractivity contribution in [3.05, 3.63) is 34.9 Å². The van der Waals surface area contributed by atoms with Crippen LogP contribution in [-0.2, 0) is 19.8 Å². The third-order valence-electron chi connectivity index (χ3n) is 7.26. The fourth-order valence-corrected chi connectivity index (χ4v) is 5.27. The maximum Gasteiger partial charge on any atom is 0.373 e. The molecule has 6 nitrogen and oxygen atoms in total. The van der Waals surface area contributed by atoms with E-state index in [-0.39, 0.29) is 34.9 Å². The maximum atomic E-state index is 12.3. The number of carbonyl (C=O) groups excluding carboxylic acids is 3. The molecule has 182 valence electrons. The van der Waals surface area contributed by atoms with Crippen LogP contribution in [-0.4, -0.2) is 29.8 Å². The summed E-state index contributed by atoms with van der Waals surface area (Å²) in [7, 11) is 1.67. The van der Waals surface area contributed by atoms with Gasteiger partial charge in [0.15, 0.2) is 0 Å². The van der Waals surface area contributed by atoms with Gasteiger partial charge in [-0.25, -0.2) is 0 Å². The fourth-order valence-electron chi connectivity index (χ4n) is 5.27. The molecule has 1 heterocycles. The first kappa shape index (κ1) is 26.7. The first-order valence-electron chi connectivity index (χ1n) is 12.0. The van der Waals surface area contributed by atoms with Crippen LogP contribution in [0.3, 0.4) is 0 Å². The number of likely N-dealkylation sites (N-methyl/N-ethyl adjacent to an activating group) is 1. The Hall–Kier alpha value is -2.59. The highest BCUT2D eigenvalue weighted by atomic mass is 16.5. The Morgan fingerprint density at radius 1 is 1.24 bits per heavy atom. The summed E-state index contributed by atoms with van der Waals surface area (Å²) in [4.78, 5) is 28.5. The van der Waals surface area contributed by atoms with Gasteiger partial charge >= 0.3 is 6.15 Å². The minimum atomic E-state index is -0.348. The van der Waals surface area contributed by atoms with E-state index < -0.39 is 0 Å². The highest BCUT2D eigenvalue weighted by Gasteiger charge is 2.47. The molecule has 0 fully saturated rings. The molecule has 1 amide bonds. The molecule has 0 saturated carbocycles. The van der Waals surface area contributed by atoms with Gasteiger partial charge in [-0.3, -0.25) is 4.79 Å². The van der Waals surface area contributed by atoms with Crippen molar-refractivity contribution in [1.82, 2.24) is 5.32 Å². The van der Waals surface area contributed by atoms with E-state index in [4.69, 9.17) is 14.3 Å². The van der Waals surface area contributed by atoms with E-state index in [1.165, 1.54) is 25.7 Å². The first-order valence-corrected chi connectivity index (χ1v) is 12.0. The number of aromatic hydroxyl groups is 1. The molecule has 1 aliphatic heterocycles. The second kappa shape index (κ2) is 11.0. The number of amides is 1. The van der Waals surface area contributed by atoms with Crippen molar-refractivity contribution in [2.45, 2.75) is 96.5 Å². The van der Waals surface area contributed by atoms with Gasteiger partial charge in [0.25, 0.3) is 0 Å². The SMILES string of the molecule is CCCCCCC(C)(C)c1cc(O)c2c(c1)OC(C)(C)[C@@H]1CC=C(C(=O)NC)CC21.O=C=O. The molecular formula is C27H39NO5. The number of phenolic OH excluding ortho intramolecular Hbond substituents is 1. The number of phenols is 1. The number of rotatable bonds is 7. The van der Waals surface area contributed by atoms with Gasteiger partial charge < -0.3 is 15.2 Å². The van der Waals surface area contributed by atoms with E-state index >= 15 is 0 Å². The highest BCUT2D eigenvalue weighted by molar-refractivity contribution is 5.93. The molecule has 0 bridgehead atoms. The van der Waals surface area contributed by atoms with Gasteiger partial charge in [0.1, 0.15) is 17.1 Å². The zero-order chi connectivity index (χ0) is 24.8. The van der Waals surface area contributed by atoms with Crippen LogP contribution >= 0.6 is 0 Å². The lowest BCUT2D eigenvalue weighted by molar-refractivity contribution is -0.191. The minimum absolute atomic E-state index is 0.0235. The summed E-state index contributed by atoms with van der Waals surface area (Å²) in [6, 6.07) is 4.08. The Bertz CT molecular complexity index is 909. The van der Waals surface area contributed by atoms with Crippen molar-refractivity contribution in [2.24, 2.45) is 5.92 Å². The summed E-state index contributed by atoms with van der Waals surface area (Å²) in [5.74, 6) is 1.40. The van der Waals surface area contributed by atoms with E-state index in [9.17, 15) is 9.90 Å². The average Bonchev–Trinajstić information content (AvgIpc) is 2.75. The molecule has 2 aliphatic rings. The highest BCUT2D eigenvalue weighted by Crippen LogP contribution is 2.55. The molecule has 1 aliphatic carbocycles. The van der Waals surface area contributed by atoms with Crippen LogP contribution in [0.2, 0.25) is 0 Å². The van der Waals surface area contributed by atoms with Crippen LogP contribution in [0.4, 0.5) is 0 Å². The number of hydrogen-bond donors (Lipinski definition) is 2. The monoisotopic (exact) mass is 457 g/mol. The van der Waals surface area contributed by atoms with Crippen LogP contribution < -0.4 is 10.1 Å². The van der Waals surface area contributed by atoms with E-state index in [0.717, 1.165) is 35.3 Å². The molecule has 1 aromatic rings. The summed E-state index contributed by atoms with van der Waals surface area (Å²) in [6.45, 7) is 11.0. The number of benzene rings is 1. The Morgan fingerprint density at radius 3 is 2.52 bits per heavy atom. The molecule has 0 saturated heterocycles. The molecule has 1 unspecified atom stereocenters. The molecule has 0 spiro atoms. The van der Waals surface area contributed by atoms with Gasteiger partial charge in [-0.05, 0) is 56.2 Å². The van der Waals surface area contributed by atoms with Crippen molar-refractivity contribution in [3.63, 3.8) is 0 Å². The molecular weight excluding hydrogens is 418 g/mol. The van der Waals surface area contributed by atoms with Gasteiger partial charge in [-0.1, -0.05) is 52.5 Å². The van der Waals surface area contributed by atoms with Crippen LogP contribution in [0.25, 0.3) is 0 Å². The number of nitrogens with one attached hydrogen (secondary N) is 1. The lowest BCUT2D eigenvalue weighted by Crippen LogP contribution is -2.46. The van der Waals surface area contributed by atoms with Crippen molar-refractivity contribution in [1.29, 1.82) is 0 Å². The van der Waals surface area contributed by atoms with Crippen molar-refractivity contribution in [2.75, 3.05) is 7.05 Å². The number of ether oxygens (including phenoxy) is 1. The maximum absolute atomic E-state index is 12.3. The van der Waals surface area contributed by atoms with Gasteiger partial charge in [0.2, 0.25) is 5.91 Å². The first-order chi connectivity index (χ1) is 15.5. The zero-order valence-corrected chi connectivity index (χ0v) is 20.9. The summed E-state index contributed by atoms with van der Waals surface area (Å²) < 4.78 is 6.48. The molecule has 0 aromatic heterocycles. The predicted octanol–water partition coefficient (Wildman–Crippen LogP) is 5.39. The topological polar surface area (TPSA) is 92.7 Å². The van der Waals surface area contributed by atoms with Crippen molar-refractivity contribution >= 4 is 12.1 Å². The largest absolute Gasteiger partial charge is 0.508 e. The Kier molecular flexibility index (Phi) is 8.90. The van der Waals surface area contributed by atoms with Crippen molar-refractivity contribution < 1.29 is 24.2 Å². The molecule has 0 radical (unpaired) electrons. The minimum Gasteiger partial charge on any atom is -0.508 e. The number of unbranched alkanes of at least 4 members (excludes halogenated alkanes) is 3. The lowest BCUT2D eigenvalue weighted by atomic mass is 9.66. The second-order valence-electron chi connectivity index (χ2n) is 10.4. The fraction of sp³-hybridized carbons (Fsp3) is 0.630.